The van der Waals surface area contributed by atoms with Gasteiger partial charge in [0.1, 0.15) is 17.1 Å². The van der Waals surface area contributed by atoms with Crippen molar-refractivity contribution in [2.75, 3.05) is 12.4 Å². The molecule has 5 nitrogen and oxygen atoms in total. The lowest BCUT2D eigenvalue weighted by Crippen LogP contribution is -2.12. The molecule has 0 bridgehead atoms. The summed E-state index contributed by atoms with van der Waals surface area (Å²) in [7, 11) is 1.57. The lowest BCUT2D eigenvalue weighted by Gasteiger charge is -2.05. The highest BCUT2D eigenvalue weighted by molar-refractivity contribution is 6.04. The molecule has 0 fully saturated rings. The normalized spacial score (nSPS) is 10.0. The van der Waals surface area contributed by atoms with Crippen molar-refractivity contribution in [1.29, 1.82) is 0 Å². The van der Waals surface area contributed by atoms with Crippen molar-refractivity contribution in [2.45, 2.75) is 6.92 Å². The van der Waals surface area contributed by atoms with Crippen molar-refractivity contribution in [3.63, 3.8) is 0 Å². The SMILES string of the molecule is COc1cccc(NC(=O)c2cnoc2C)c1. The molecule has 0 aliphatic carbocycles. The second-order valence-electron chi connectivity index (χ2n) is 3.48. The van der Waals surface area contributed by atoms with E-state index in [2.05, 4.69) is 10.5 Å². The Hall–Kier alpha value is -2.30. The fraction of sp³-hybridized carbons (Fsp3) is 0.167. The standard InChI is InChI=1S/C12H12N2O3/c1-8-11(7-13-17-8)12(15)14-9-4-3-5-10(6-9)16-2/h3-7H,1-2H3,(H,14,15). The third kappa shape index (κ3) is 2.44. The molecule has 0 unspecified atom stereocenters. The quantitative estimate of drug-likeness (QED) is 0.881. The number of hydrogen-bond acceptors (Lipinski definition) is 4. The first kappa shape index (κ1) is 11.2. The molecule has 0 spiro atoms. The maximum Gasteiger partial charge on any atom is 0.260 e. The monoisotopic (exact) mass is 232 g/mol. The van der Waals surface area contributed by atoms with E-state index in [1.165, 1.54) is 6.20 Å². The first-order chi connectivity index (χ1) is 8.20. The molecule has 17 heavy (non-hydrogen) atoms. The van der Waals surface area contributed by atoms with Gasteiger partial charge in [-0.25, -0.2) is 0 Å². The number of benzene rings is 1. The van der Waals surface area contributed by atoms with Crippen LogP contribution in [0.25, 0.3) is 0 Å². The number of ether oxygens (including phenoxy) is 1. The Labute approximate surface area is 98.4 Å². The van der Waals surface area contributed by atoms with E-state index in [1.54, 1.807) is 38.3 Å². The van der Waals surface area contributed by atoms with Gasteiger partial charge in [0, 0.05) is 11.8 Å². The predicted molar refractivity (Wildman–Crippen MR) is 62.2 cm³/mol. The number of aryl methyl sites for hydroxylation is 1. The molecule has 0 atom stereocenters. The minimum atomic E-state index is -0.253. The van der Waals surface area contributed by atoms with Crippen LogP contribution in [0.15, 0.2) is 35.0 Å². The molecule has 0 saturated heterocycles. The Morgan fingerprint density at radius 2 is 2.29 bits per heavy atom. The first-order valence-electron chi connectivity index (χ1n) is 5.07. The van der Waals surface area contributed by atoms with Gasteiger partial charge in [-0.2, -0.15) is 0 Å². The zero-order valence-corrected chi connectivity index (χ0v) is 9.56. The highest BCUT2D eigenvalue weighted by atomic mass is 16.5. The lowest BCUT2D eigenvalue weighted by molar-refractivity contribution is 0.102. The maximum atomic E-state index is 11.8. The van der Waals surface area contributed by atoms with E-state index in [1.807, 2.05) is 0 Å². The third-order valence-corrected chi connectivity index (χ3v) is 2.32. The van der Waals surface area contributed by atoms with Crippen molar-refractivity contribution in [3.05, 3.63) is 41.8 Å². The van der Waals surface area contributed by atoms with Gasteiger partial charge >= 0.3 is 0 Å². The van der Waals surface area contributed by atoms with Crippen LogP contribution in [0.4, 0.5) is 5.69 Å². The van der Waals surface area contributed by atoms with E-state index in [4.69, 9.17) is 9.26 Å². The van der Waals surface area contributed by atoms with Gasteiger partial charge in [-0.3, -0.25) is 4.79 Å². The topological polar surface area (TPSA) is 64.4 Å². The molecule has 88 valence electrons. The zero-order valence-electron chi connectivity index (χ0n) is 9.56. The summed E-state index contributed by atoms with van der Waals surface area (Å²) >= 11 is 0. The molecule has 0 aliphatic rings. The number of amides is 1. The van der Waals surface area contributed by atoms with Crippen LogP contribution in [0, 0.1) is 6.92 Å². The summed E-state index contributed by atoms with van der Waals surface area (Å²) in [5.74, 6) is 0.923. The van der Waals surface area contributed by atoms with Crippen molar-refractivity contribution in [2.24, 2.45) is 0 Å². The number of methoxy groups -OCH3 is 1. The van der Waals surface area contributed by atoms with Gasteiger partial charge in [0.05, 0.1) is 13.3 Å². The van der Waals surface area contributed by atoms with E-state index >= 15 is 0 Å². The molecular formula is C12H12N2O3. The van der Waals surface area contributed by atoms with Gasteiger partial charge in [-0.1, -0.05) is 11.2 Å². The molecule has 1 heterocycles. The van der Waals surface area contributed by atoms with Crippen LogP contribution in [-0.2, 0) is 0 Å². The molecule has 0 aliphatic heterocycles. The van der Waals surface area contributed by atoms with Gasteiger partial charge < -0.3 is 14.6 Å². The summed E-state index contributed by atoms with van der Waals surface area (Å²) in [4.78, 5) is 11.8. The number of hydrogen-bond donors (Lipinski definition) is 1. The molecular weight excluding hydrogens is 220 g/mol. The maximum absolute atomic E-state index is 11.8. The van der Waals surface area contributed by atoms with Crippen LogP contribution in [0.1, 0.15) is 16.1 Å². The molecule has 1 amide bonds. The largest absolute Gasteiger partial charge is 0.497 e. The number of aromatic nitrogens is 1. The minimum absolute atomic E-state index is 0.253. The lowest BCUT2D eigenvalue weighted by atomic mass is 10.2. The molecule has 1 aromatic carbocycles. The van der Waals surface area contributed by atoms with Crippen LogP contribution in [0.3, 0.4) is 0 Å². The average Bonchev–Trinajstić information content (AvgIpc) is 2.76. The predicted octanol–water partition coefficient (Wildman–Crippen LogP) is 2.24. The second kappa shape index (κ2) is 4.69. The van der Waals surface area contributed by atoms with Gasteiger partial charge in [-0.15, -0.1) is 0 Å². The number of nitrogens with zero attached hydrogens (tertiary/aromatic N) is 1. The van der Waals surface area contributed by atoms with Crippen LogP contribution in [0.5, 0.6) is 5.75 Å². The van der Waals surface area contributed by atoms with Crippen molar-refractivity contribution < 1.29 is 14.1 Å². The summed E-state index contributed by atoms with van der Waals surface area (Å²) in [6.07, 6.45) is 1.39. The van der Waals surface area contributed by atoms with Gasteiger partial charge in [0.25, 0.3) is 5.91 Å². The Morgan fingerprint density at radius 3 is 2.94 bits per heavy atom. The van der Waals surface area contributed by atoms with Crippen LogP contribution >= 0.6 is 0 Å². The average molecular weight is 232 g/mol. The summed E-state index contributed by atoms with van der Waals surface area (Å²) in [5.41, 5.74) is 1.09. The minimum Gasteiger partial charge on any atom is -0.497 e. The van der Waals surface area contributed by atoms with E-state index in [9.17, 15) is 4.79 Å². The Bertz CT molecular complexity index is 534. The van der Waals surface area contributed by atoms with E-state index < -0.39 is 0 Å². The molecule has 2 rings (SSSR count). The van der Waals surface area contributed by atoms with E-state index in [-0.39, 0.29) is 5.91 Å². The first-order valence-corrected chi connectivity index (χ1v) is 5.07. The van der Waals surface area contributed by atoms with Gasteiger partial charge in [0.2, 0.25) is 0 Å². The van der Waals surface area contributed by atoms with Crippen LogP contribution in [-0.4, -0.2) is 18.2 Å². The van der Waals surface area contributed by atoms with E-state index in [0.29, 0.717) is 22.8 Å². The smallest absolute Gasteiger partial charge is 0.260 e. The van der Waals surface area contributed by atoms with Crippen molar-refractivity contribution >= 4 is 11.6 Å². The van der Waals surface area contributed by atoms with Crippen molar-refractivity contribution in [3.8, 4) is 5.75 Å². The van der Waals surface area contributed by atoms with Gasteiger partial charge in [0.15, 0.2) is 0 Å². The molecule has 0 radical (unpaired) electrons. The Morgan fingerprint density at radius 1 is 1.47 bits per heavy atom. The number of nitrogens with one attached hydrogen (secondary N) is 1. The highest BCUT2D eigenvalue weighted by Gasteiger charge is 2.12. The molecule has 0 saturated carbocycles. The van der Waals surface area contributed by atoms with Crippen LogP contribution in [0.2, 0.25) is 0 Å². The molecule has 2 aromatic rings. The van der Waals surface area contributed by atoms with Gasteiger partial charge in [-0.05, 0) is 19.1 Å². The summed E-state index contributed by atoms with van der Waals surface area (Å²) in [6, 6.07) is 7.12. The summed E-state index contributed by atoms with van der Waals surface area (Å²) in [5, 5.41) is 6.30. The second-order valence-corrected chi connectivity index (χ2v) is 3.48. The fourth-order valence-electron chi connectivity index (χ4n) is 1.42. The number of rotatable bonds is 3. The number of anilines is 1. The highest BCUT2D eigenvalue weighted by Crippen LogP contribution is 2.18. The molecule has 1 aromatic heterocycles. The summed E-state index contributed by atoms with van der Waals surface area (Å²) in [6.45, 7) is 1.69. The molecule has 5 heteroatoms. The Balaban J connectivity index is 2.16. The van der Waals surface area contributed by atoms with E-state index in [0.717, 1.165) is 0 Å². The van der Waals surface area contributed by atoms with Crippen molar-refractivity contribution in [1.82, 2.24) is 5.16 Å². The summed E-state index contributed by atoms with van der Waals surface area (Å²) < 4.78 is 9.90. The van der Waals surface area contributed by atoms with Crippen LogP contribution < -0.4 is 10.1 Å². The number of carbonyl (C=O) groups is 1. The fourth-order valence-corrected chi connectivity index (χ4v) is 1.42. The Kier molecular flexibility index (Phi) is 3.09. The zero-order chi connectivity index (χ0) is 12.3. The number of carbonyl (C=O) groups excluding carboxylic acids is 1. The third-order valence-electron chi connectivity index (χ3n) is 2.32. The molecule has 1 N–H and O–H groups in total.